The van der Waals surface area contributed by atoms with E-state index >= 15 is 0 Å². The van der Waals surface area contributed by atoms with Crippen LogP contribution in [0.25, 0.3) is 0 Å². The Morgan fingerprint density at radius 1 is 1.30 bits per heavy atom. The number of furan rings is 1. The van der Waals surface area contributed by atoms with Gasteiger partial charge in [-0.1, -0.05) is 12.1 Å². The van der Waals surface area contributed by atoms with Crippen LogP contribution in [-0.2, 0) is 4.79 Å². The molecule has 0 spiro atoms. The van der Waals surface area contributed by atoms with E-state index in [1.807, 2.05) is 0 Å². The second-order valence-electron chi connectivity index (χ2n) is 6.57. The van der Waals surface area contributed by atoms with Crippen LogP contribution in [0.4, 0.5) is 5.69 Å². The van der Waals surface area contributed by atoms with E-state index in [1.165, 1.54) is 23.3 Å². The summed E-state index contributed by atoms with van der Waals surface area (Å²) in [5.41, 5.74) is 0.609. The summed E-state index contributed by atoms with van der Waals surface area (Å²) in [4.78, 5) is 37.5. The Balaban J connectivity index is 1.72. The fourth-order valence-corrected chi connectivity index (χ4v) is 3.29. The Kier molecular flexibility index (Phi) is 5.54. The summed E-state index contributed by atoms with van der Waals surface area (Å²) in [5, 5.41) is 13.8. The van der Waals surface area contributed by atoms with Crippen molar-refractivity contribution in [1.82, 2.24) is 10.2 Å². The molecule has 142 valence electrons. The van der Waals surface area contributed by atoms with Gasteiger partial charge in [-0.05, 0) is 43.9 Å². The highest BCUT2D eigenvalue weighted by Crippen LogP contribution is 2.23. The van der Waals surface area contributed by atoms with Crippen LogP contribution in [0.5, 0.6) is 0 Å². The largest absolute Gasteiger partial charge is 0.459 e. The Hall–Kier alpha value is -3.16. The molecular formula is C19H21N3O5. The molecule has 27 heavy (non-hydrogen) atoms. The van der Waals surface area contributed by atoms with Crippen molar-refractivity contribution in [3.63, 3.8) is 0 Å². The summed E-state index contributed by atoms with van der Waals surface area (Å²) in [5.74, 6) is -0.363. The number of hydrogen-bond donors (Lipinski definition) is 1. The minimum absolute atomic E-state index is 0.0270. The van der Waals surface area contributed by atoms with Gasteiger partial charge in [0.05, 0.1) is 17.2 Å². The molecule has 2 heterocycles. The molecule has 2 amide bonds. The van der Waals surface area contributed by atoms with Crippen molar-refractivity contribution in [2.24, 2.45) is 0 Å². The van der Waals surface area contributed by atoms with Crippen LogP contribution in [0.1, 0.15) is 48.3 Å². The van der Waals surface area contributed by atoms with Crippen molar-refractivity contribution in [1.29, 1.82) is 0 Å². The fraction of sp³-hybridized carbons (Fsp3) is 0.368. The van der Waals surface area contributed by atoms with Crippen molar-refractivity contribution in [2.75, 3.05) is 6.54 Å². The van der Waals surface area contributed by atoms with Gasteiger partial charge in [0.25, 0.3) is 11.6 Å². The molecule has 1 saturated heterocycles. The molecule has 1 aliphatic rings. The number of nitrogens with one attached hydrogen (secondary N) is 1. The number of nitrogens with zero attached hydrogens (tertiary/aromatic N) is 2. The molecule has 0 bridgehead atoms. The van der Waals surface area contributed by atoms with Crippen molar-refractivity contribution >= 4 is 17.5 Å². The zero-order valence-corrected chi connectivity index (χ0v) is 15.0. The molecule has 8 heteroatoms. The third kappa shape index (κ3) is 4.16. The molecular weight excluding hydrogens is 350 g/mol. The van der Waals surface area contributed by atoms with Gasteiger partial charge in [-0.25, -0.2) is 0 Å². The molecule has 0 radical (unpaired) electrons. The van der Waals surface area contributed by atoms with Gasteiger partial charge >= 0.3 is 0 Å². The zero-order valence-electron chi connectivity index (χ0n) is 15.0. The number of nitro groups is 1. The van der Waals surface area contributed by atoms with Gasteiger partial charge in [0, 0.05) is 18.7 Å². The average Bonchev–Trinajstić information content (AvgIpc) is 3.22. The number of piperidine rings is 1. The topological polar surface area (TPSA) is 106 Å². The molecule has 3 rings (SSSR count). The second kappa shape index (κ2) is 8.03. The predicted molar refractivity (Wildman–Crippen MR) is 97.0 cm³/mol. The maximum absolute atomic E-state index is 12.8. The van der Waals surface area contributed by atoms with E-state index in [2.05, 4.69) is 5.32 Å². The van der Waals surface area contributed by atoms with Gasteiger partial charge in [-0.3, -0.25) is 19.7 Å². The van der Waals surface area contributed by atoms with Crippen molar-refractivity contribution in [2.45, 2.75) is 38.3 Å². The zero-order chi connectivity index (χ0) is 19.4. The minimum atomic E-state index is -0.586. The average molecular weight is 371 g/mol. The highest BCUT2D eigenvalue weighted by atomic mass is 16.6. The van der Waals surface area contributed by atoms with Gasteiger partial charge in [0.15, 0.2) is 5.76 Å². The van der Waals surface area contributed by atoms with Gasteiger partial charge in [0.2, 0.25) is 5.91 Å². The Morgan fingerprint density at radius 2 is 2.11 bits per heavy atom. The third-order valence-corrected chi connectivity index (χ3v) is 4.74. The molecule has 1 aromatic heterocycles. The Morgan fingerprint density at radius 3 is 2.81 bits per heavy atom. The normalized spacial score (nSPS) is 18.0. The number of non-ortho nitro benzene ring substituents is 1. The summed E-state index contributed by atoms with van der Waals surface area (Å²) in [6, 6.07) is 8.38. The third-order valence-electron chi connectivity index (χ3n) is 4.74. The van der Waals surface area contributed by atoms with Crippen LogP contribution >= 0.6 is 0 Å². The highest BCUT2D eigenvalue weighted by molar-refractivity contribution is 5.95. The standard InChI is InChI=1S/C19H21N3O5/c1-13(14-6-4-7-15(12-14)22(25)26)20-18(23)16-8-2-3-10-21(16)19(24)17-9-5-11-27-17/h4-7,9,11-13,16H,2-3,8,10H2,1H3,(H,20,23)/t13-,16-/m0/s1. The van der Waals surface area contributed by atoms with Crippen LogP contribution in [0.15, 0.2) is 47.1 Å². The summed E-state index contributed by atoms with van der Waals surface area (Å²) >= 11 is 0. The van der Waals surface area contributed by atoms with Crippen LogP contribution in [-0.4, -0.2) is 34.2 Å². The fourth-order valence-electron chi connectivity index (χ4n) is 3.29. The first-order valence-electron chi connectivity index (χ1n) is 8.86. The molecule has 1 N–H and O–H groups in total. The quantitative estimate of drug-likeness (QED) is 0.642. The predicted octanol–water partition coefficient (Wildman–Crippen LogP) is 3.06. The molecule has 1 aromatic carbocycles. The minimum Gasteiger partial charge on any atom is -0.459 e. The lowest BCUT2D eigenvalue weighted by Gasteiger charge is -2.34. The summed E-state index contributed by atoms with van der Waals surface area (Å²) in [7, 11) is 0. The SMILES string of the molecule is C[C@H](NC(=O)[C@@H]1CCCCN1C(=O)c1ccco1)c1cccc([N+](=O)[O-])c1. The van der Waals surface area contributed by atoms with Crippen molar-refractivity contribution in [3.05, 3.63) is 64.1 Å². The van der Waals surface area contributed by atoms with Gasteiger partial charge in [-0.15, -0.1) is 0 Å². The van der Waals surface area contributed by atoms with Crippen molar-refractivity contribution in [3.8, 4) is 0 Å². The van der Waals surface area contributed by atoms with Gasteiger partial charge in [0.1, 0.15) is 6.04 Å². The van der Waals surface area contributed by atoms with E-state index < -0.39 is 17.0 Å². The number of hydrogen-bond acceptors (Lipinski definition) is 5. The van der Waals surface area contributed by atoms with Crippen LogP contribution in [0.3, 0.4) is 0 Å². The maximum atomic E-state index is 12.8. The first-order valence-corrected chi connectivity index (χ1v) is 8.86. The first-order chi connectivity index (χ1) is 13.0. The number of rotatable bonds is 5. The van der Waals surface area contributed by atoms with E-state index in [0.717, 1.165) is 12.8 Å². The van der Waals surface area contributed by atoms with Crippen molar-refractivity contribution < 1.29 is 18.9 Å². The van der Waals surface area contributed by atoms with E-state index in [1.54, 1.807) is 31.2 Å². The lowest BCUT2D eigenvalue weighted by molar-refractivity contribution is -0.384. The number of carbonyl (C=O) groups is 2. The Labute approximate surface area is 156 Å². The van der Waals surface area contributed by atoms with E-state index in [-0.39, 0.29) is 23.3 Å². The molecule has 1 fully saturated rings. The van der Waals surface area contributed by atoms with E-state index in [0.29, 0.717) is 18.5 Å². The van der Waals surface area contributed by atoms with Crippen LogP contribution in [0.2, 0.25) is 0 Å². The van der Waals surface area contributed by atoms with E-state index in [9.17, 15) is 19.7 Å². The molecule has 8 nitrogen and oxygen atoms in total. The molecule has 0 aliphatic carbocycles. The number of nitro benzene ring substituents is 1. The maximum Gasteiger partial charge on any atom is 0.290 e. The van der Waals surface area contributed by atoms with Crippen LogP contribution < -0.4 is 5.32 Å². The number of carbonyl (C=O) groups excluding carboxylic acids is 2. The summed E-state index contributed by atoms with van der Waals surface area (Å²) in [6.07, 6.45) is 3.68. The second-order valence-corrected chi connectivity index (χ2v) is 6.57. The van der Waals surface area contributed by atoms with Crippen LogP contribution in [0, 0.1) is 10.1 Å². The monoisotopic (exact) mass is 371 g/mol. The lowest BCUT2D eigenvalue weighted by Crippen LogP contribution is -2.52. The molecule has 2 atom stereocenters. The Bertz CT molecular complexity index is 834. The smallest absolute Gasteiger partial charge is 0.290 e. The number of benzene rings is 1. The van der Waals surface area contributed by atoms with Gasteiger partial charge in [-0.2, -0.15) is 0 Å². The van der Waals surface area contributed by atoms with E-state index in [4.69, 9.17) is 4.42 Å². The summed E-state index contributed by atoms with van der Waals surface area (Å²) in [6.45, 7) is 2.25. The number of amides is 2. The molecule has 0 saturated carbocycles. The lowest BCUT2D eigenvalue weighted by atomic mass is 10.00. The highest BCUT2D eigenvalue weighted by Gasteiger charge is 2.34. The molecule has 1 aliphatic heterocycles. The summed E-state index contributed by atoms with van der Waals surface area (Å²) < 4.78 is 5.18. The first kappa shape index (κ1) is 18.6. The number of likely N-dealkylation sites (tertiary alicyclic amines) is 1. The molecule has 2 aromatic rings. The van der Waals surface area contributed by atoms with Gasteiger partial charge < -0.3 is 14.6 Å². The molecule has 0 unspecified atom stereocenters.